The fourth-order valence-electron chi connectivity index (χ4n) is 1.29. The van der Waals surface area contributed by atoms with Gasteiger partial charge in [-0.3, -0.25) is 9.00 Å². The highest BCUT2D eigenvalue weighted by molar-refractivity contribution is 7.85. The maximum Gasteiger partial charge on any atom is 0.318 e. The van der Waals surface area contributed by atoms with Crippen LogP contribution in [0.4, 0.5) is 0 Å². The number of carbonyl (C=O) groups excluding carboxylic acids is 1. The molecule has 0 aromatic heterocycles. The molecule has 0 N–H and O–H groups in total. The van der Waals surface area contributed by atoms with Crippen molar-refractivity contribution in [3.05, 3.63) is 24.3 Å². The molecule has 0 spiro atoms. The van der Waals surface area contributed by atoms with Crippen molar-refractivity contribution >= 4 is 16.8 Å². The number of unbranched alkanes of at least 4 members (excludes halogenated alkanes) is 1. The van der Waals surface area contributed by atoms with E-state index in [9.17, 15) is 9.00 Å². The summed E-state index contributed by atoms with van der Waals surface area (Å²) in [6.07, 6.45) is 1.80. The normalized spacial score (nSPS) is 11.9. The minimum absolute atomic E-state index is 0.101. The van der Waals surface area contributed by atoms with Gasteiger partial charge >= 0.3 is 5.97 Å². The van der Waals surface area contributed by atoms with E-state index in [1.165, 1.54) is 0 Å². The first kappa shape index (κ1) is 14.7. The van der Waals surface area contributed by atoms with Gasteiger partial charge in [0.25, 0.3) is 0 Å². The lowest BCUT2D eigenvalue weighted by atomic mass is 10.3. The van der Waals surface area contributed by atoms with Crippen LogP contribution in [0.15, 0.2) is 29.2 Å². The molecule has 0 saturated carbocycles. The predicted molar refractivity (Wildman–Crippen MR) is 70.1 cm³/mol. The van der Waals surface area contributed by atoms with Crippen molar-refractivity contribution < 1.29 is 18.5 Å². The lowest BCUT2D eigenvalue weighted by Crippen LogP contribution is -2.14. The van der Waals surface area contributed by atoms with E-state index in [4.69, 9.17) is 9.47 Å². The van der Waals surface area contributed by atoms with Crippen LogP contribution in [0.25, 0.3) is 0 Å². The van der Waals surface area contributed by atoms with Crippen LogP contribution in [0.3, 0.4) is 0 Å². The van der Waals surface area contributed by atoms with E-state index >= 15 is 0 Å². The molecule has 100 valence electrons. The molecule has 0 amide bonds. The molecule has 1 aromatic rings. The van der Waals surface area contributed by atoms with Gasteiger partial charge in [0.2, 0.25) is 0 Å². The summed E-state index contributed by atoms with van der Waals surface area (Å²) in [6, 6.07) is 6.81. The Balaban J connectivity index is 2.46. The van der Waals surface area contributed by atoms with Crippen LogP contribution in [0.2, 0.25) is 0 Å². The van der Waals surface area contributed by atoms with Crippen LogP contribution in [0, 0.1) is 0 Å². The molecule has 0 aliphatic carbocycles. The van der Waals surface area contributed by atoms with Gasteiger partial charge in [0.05, 0.1) is 24.5 Å². The van der Waals surface area contributed by atoms with E-state index in [-0.39, 0.29) is 5.75 Å². The number of carbonyl (C=O) groups is 1. The van der Waals surface area contributed by atoms with Gasteiger partial charge < -0.3 is 9.47 Å². The van der Waals surface area contributed by atoms with Crippen molar-refractivity contribution in [2.45, 2.75) is 24.7 Å². The van der Waals surface area contributed by atoms with Gasteiger partial charge in [-0.1, -0.05) is 13.3 Å². The Morgan fingerprint density at radius 2 is 1.94 bits per heavy atom. The summed E-state index contributed by atoms with van der Waals surface area (Å²) in [5.74, 6) is 0.176. The number of esters is 1. The molecule has 18 heavy (non-hydrogen) atoms. The van der Waals surface area contributed by atoms with Crippen molar-refractivity contribution in [2.75, 3.05) is 19.5 Å². The molecule has 4 nitrogen and oxygen atoms in total. The van der Waals surface area contributed by atoms with Crippen LogP contribution in [-0.4, -0.2) is 29.6 Å². The summed E-state index contributed by atoms with van der Waals surface area (Å²) in [6.45, 7) is 2.42. The monoisotopic (exact) mass is 270 g/mol. The number of rotatable bonds is 7. The fourth-order valence-corrected chi connectivity index (χ4v) is 2.19. The number of benzene rings is 1. The van der Waals surface area contributed by atoms with Gasteiger partial charge in [-0.25, -0.2) is 0 Å². The van der Waals surface area contributed by atoms with E-state index in [2.05, 4.69) is 0 Å². The third-order valence-corrected chi connectivity index (χ3v) is 3.63. The molecule has 1 atom stereocenters. The first-order chi connectivity index (χ1) is 8.67. The van der Waals surface area contributed by atoms with Gasteiger partial charge in [0.15, 0.2) is 0 Å². The second-order valence-electron chi connectivity index (χ2n) is 3.74. The third-order valence-electron chi connectivity index (χ3n) is 2.33. The molecule has 5 heteroatoms. The van der Waals surface area contributed by atoms with Crippen molar-refractivity contribution in [2.24, 2.45) is 0 Å². The summed E-state index contributed by atoms with van der Waals surface area (Å²) in [4.78, 5) is 12.0. The van der Waals surface area contributed by atoms with Crippen molar-refractivity contribution in [3.8, 4) is 5.75 Å². The SMILES string of the molecule is CCCCOC(=O)CS(=O)c1ccc(OC)cc1. The average molecular weight is 270 g/mol. The molecule has 0 radical (unpaired) electrons. The van der Waals surface area contributed by atoms with Crippen molar-refractivity contribution in [3.63, 3.8) is 0 Å². The molecule has 1 unspecified atom stereocenters. The molecule has 1 aromatic carbocycles. The summed E-state index contributed by atoms with van der Waals surface area (Å²) in [5, 5.41) is 0. The summed E-state index contributed by atoms with van der Waals surface area (Å²) in [5.41, 5.74) is 0. The topological polar surface area (TPSA) is 52.6 Å². The van der Waals surface area contributed by atoms with Crippen LogP contribution >= 0.6 is 0 Å². The summed E-state index contributed by atoms with van der Waals surface area (Å²) >= 11 is 0. The quantitative estimate of drug-likeness (QED) is 0.562. The van der Waals surface area contributed by atoms with Crippen molar-refractivity contribution in [1.29, 1.82) is 0 Å². The minimum atomic E-state index is -1.36. The van der Waals surface area contributed by atoms with E-state index in [1.54, 1.807) is 31.4 Å². The molecular weight excluding hydrogens is 252 g/mol. The molecular formula is C13H18O4S. The maximum atomic E-state index is 11.9. The standard InChI is InChI=1S/C13H18O4S/c1-3-4-9-17-13(14)10-18(15)12-7-5-11(16-2)6-8-12/h5-8H,3-4,9-10H2,1-2H3. The van der Waals surface area contributed by atoms with Crippen LogP contribution in [0.1, 0.15) is 19.8 Å². The maximum absolute atomic E-state index is 11.9. The largest absolute Gasteiger partial charge is 0.497 e. The van der Waals surface area contributed by atoms with E-state index < -0.39 is 16.8 Å². The molecule has 0 heterocycles. The second kappa shape index (κ2) is 7.87. The van der Waals surface area contributed by atoms with Crippen molar-refractivity contribution in [1.82, 2.24) is 0 Å². The molecule has 0 fully saturated rings. The number of ether oxygens (including phenoxy) is 2. The zero-order valence-corrected chi connectivity index (χ0v) is 11.5. The zero-order valence-electron chi connectivity index (χ0n) is 10.7. The van der Waals surface area contributed by atoms with Crippen LogP contribution in [-0.2, 0) is 20.3 Å². The van der Waals surface area contributed by atoms with Gasteiger partial charge in [-0.15, -0.1) is 0 Å². The second-order valence-corrected chi connectivity index (χ2v) is 5.19. The number of hydrogen-bond donors (Lipinski definition) is 0. The third kappa shape index (κ3) is 4.87. The Bertz CT molecular complexity index is 400. The average Bonchev–Trinajstić information content (AvgIpc) is 2.39. The zero-order chi connectivity index (χ0) is 13.4. The van der Waals surface area contributed by atoms with E-state index in [0.29, 0.717) is 17.3 Å². The van der Waals surface area contributed by atoms with Gasteiger partial charge in [0.1, 0.15) is 11.5 Å². The lowest BCUT2D eigenvalue weighted by molar-refractivity contribution is -0.140. The number of hydrogen-bond acceptors (Lipinski definition) is 4. The molecule has 0 aliphatic heterocycles. The fraction of sp³-hybridized carbons (Fsp3) is 0.462. The minimum Gasteiger partial charge on any atom is -0.497 e. The van der Waals surface area contributed by atoms with E-state index in [0.717, 1.165) is 12.8 Å². The first-order valence-electron chi connectivity index (χ1n) is 5.85. The Morgan fingerprint density at radius 1 is 1.28 bits per heavy atom. The van der Waals surface area contributed by atoms with E-state index in [1.807, 2.05) is 6.92 Å². The molecule has 0 aliphatic rings. The Kier molecular flexibility index (Phi) is 6.43. The predicted octanol–water partition coefficient (Wildman–Crippen LogP) is 2.15. The summed E-state index contributed by atoms with van der Waals surface area (Å²) in [7, 11) is 0.207. The highest BCUT2D eigenvalue weighted by atomic mass is 32.2. The molecule has 0 saturated heterocycles. The highest BCUT2D eigenvalue weighted by Crippen LogP contribution is 2.14. The Hall–Kier alpha value is -1.36. The Labute approximate surface area is 110 Å². The number of methoxy groups -OCH3 is 1. The lowest BCUT2D eigenvalue weighted by Gasteiger charge is -2.05. The smallest absolute Gasteiger partial charge is 0.318 e. The van der Waals surface area contributed by atoms with Gasteiger partial charge in [-0.05, 0) is 30.7 Å². The van der Waals surface area contributed by atoms with Gasteiger partial charge in [0, 0.05) is 4.90 Å². The Morgan fingerprint density at radius 3 is 2.50 bits per heavy atom. The van der Waals surface area contributed by atoms with Gasteiger partial charge in [-0.2, -0.15) is 0 Å². The first-order valence-corrected chi connectivity index (χ1v) is 7.17. The molecule has 1 rings (SSSR count). The highest BCUT2D eigenvalue weighted by Gasteiger charge is 2.11. The van der Waals surface area contributed by atoms with Crippen LogP contribution < -0.4 is 4.74 Å². The van der Waals surface area contributed by atoms with Crippen LogP contribution in [0.5, 0.6) is 5.75 Å². The summed E-state index contributed by atoms with van der Waals surface area (Å²) < 4.78 is 21.8. The molecule has 0 bridgehead atoms.